The Kier molecular flexibility index (Phi) is 4.56. The maximum Gasteiger partial charge on any atom is 0.131 e. The molecular weight excluding hydrogens is 238 g/mol. The zero-order chi connectivity index (χ0) is 13.5. The molecule has 0 saturated carbocycles. The fraction of sp³-hybridized carbons (Fsp3) is 0.188. The van der Waals surface area contributed by atoms with Gasteiger partial charge in [0.1, 0.15) is 11.5 Å². The lowest BCUT2D eigenvalue weighted by Crippen LogP contribution is -1.93. The summed E-state index contributed by atoms with van der Waals surface area (Å²) >= 11 is 0. The molecule has 0 N–H and O–H groups in total. The van der Waals surface area contributed by atoms with Crippen LogP contribution in [0.3, 0.4) is 0 Å². The molecule has 19 heavy (non-hydrogen) atoms. The largest absolute Gasteiger partial charge is 0.497 e. The van der Waals surface area contributed by atoms with Gasteiger partial charge in [0.2, 0.25) is 0 Å². The Balaban J connectivity index is 2.10. The van der Waals surface area contributed by atoms with Crippen LogP contribution in [0.4, 0.5) is 0 Å². The van der Waals surface area contributed by atoms with E-state index in [2.05, 4.69) is 17.1 Å². The molecule has 0 spiro atoms. The van der Waals surface area contributed by atoms with Crippen molar-refractivity contribution in [2.45, 2.75) is 6.54 Å². The molecule has 0 amide bonds. The van der Waals surface area contributed by atoms with Crippen LogP contribution in [0.1, 0.15) is 11.1 Å². The van der Waals surface area contributed by atoms with Gasteiger partial charge >= 0.3 is 0 Å². The van der Waals surface area contributed by atoms with Crippen molar-refractivity contribution in [2.24, 2.45) is 4.99 Å². The Morgan fingerprint density at radius 2 is 1.79 bits per heavy atom. The van der Waals surface area contributed by atoms with E-state index in [0.29, 0.717) is 6.54 Å². The first kappa shape index (κ1) is 13.1. The molecule has 0 unspecified atom stereocenters. The van der Waals surface area contributed by atoms with Crippen LogP contribution in [0.25, 0.3) is 0 Å². The van der Waals surface area contributed by atoms with E-state index >= 15 is 0 Å². The van der Waals surface area contributed by atoms with Gasteiger partial charge in [0.05, 0.1) is 20.8 Å². The Morgan fingerprint density at radius 3 is 2.47 bits per heavy atom. The molecule has 0 radical (unpaired) electrons. The van der Waals surface area contributed by atoms with Crippen LogP contribution in [0.15, 0.2) is 53.5 Å². The summed E-state index contributed by atoms with van der Waals surface area (Å²) in [5.41, 5.74) is 2.13. The summed E-state index contributed by atoms with van der Waals surface area (Å²) < 4.78 is 10.5. The smallest absolute Gasteiger partial charge is 0.131 e. The molecule has 2 aromatic carbocycles. The molecule has 0 aromatic heterocycles. The van der Waals surface area contributed by atoms with E-state index in [0.717, 1.165) is 17.1 Å². The second-order valence-corrected chi connectivity index (χ2v) is 4.06. The summed E-state index contributed by atoms with van der Waals surface area (Å²) in [7, 11) is 3.28. The van der Waals surface area contributed by atoms with E-state index in [1.165, 1.54) is 5.56 Å². The molecule has 0 aliphatic rings. The Hall–Kier alpha value is -2.29. The van der Waals surface area contributed by atoms with Gasteiger partial charge in [-0.3, -0.25) is 4.99 Å². The van der Waals surface area contributed by atoms with E-state index in [9.17, 15) is 0 Å². The van der Waals surface area contributed by atoms with Gasteiger partial charge in [0.15, 0.2) is 0 Å². The zero-order valence-corrected chi connectivity index (χ0v) is 11.2. The van der Waals surface area contributed by atoms with Crippen LogP contribution in [0, 0.1) is 0 Å². The van der Waals surface area contributed by atoms with Gasteiger partial charge in [-0.2, -0.15) is 0 Å². The number of methoxy groups -OCH3 is 2. The van der Waals surface area contributed by atoms with Crippen LogP contribution < -0.4 is 9.47 Å². The first-order chi connectivity index (χ1) is 9.33. The Bertz CT molecular complexity index is 550. The normalized spacial score (nSPS) is 10.6. The predicted molar refractivity (Wildman–Crippen MR) is 77.3 cm³/mol. The number of hydrogen-bond donors (Lipinski definition) is 0. The van der Waals surface area contributed by atoms with E-state index < -0.39 is 0 Å². The molecule has 2 rings (SSSR count). The van der Waals surface area contributed by atoms with Gasteiger partial charge in [-0.05, 0) is 17.7 Å². The molecule has 3 nitrogen and oxygen atoms in total. The number of benzene rings is 2. The molecule has 0 saturated heterocycles. The van der Waals surface area contributed by atoms with Crippen molar-refractivity contribution in [3.05, 3.63) is 59.7 Å². The van der Waals surface area contributed by atoms with E-state index in [-0.39, 0.29) is 0 Å². The molecule has 2 aromatic rings. The zero-order valence-electron chi connectivity index (χ0n) is 11.2. The highest BCUT2D eigenvalue weighted by atomic mass is 16.5. The van der Waals surface area contributed by atoms with Crippen molar-refractivity contribution in [2.75, 3.05) is 14.2 Å². The third-order valence-electron chi connectivity index (χ3n) is 2.79. The van der Waals surface area contributed by atoms with E-state index in [1.807, 2.05) is 42.6 Å². The lowest BCUT2D eigenvalue weighted by atomic mass is 10.2. The number of nitrogens with zero attached hydrogens (tertiary/aromatic N) is 1. The molecule has 0 aliphatic heterocycles. The van der Waals surface area contributed by atoms with Crippen LogP contribution in [-0.4, -0.2) is 20.4 Å². The monoisotopic (exact) mass is 255 g/mol. The van der Waals surface area contributed by atoms with Gasteiger partial charge in [-0.1, -0.05) is 30.3 Å². The second-order valence-electron chi connectivity index (χ2n) is 4.06. The van der Waals surface area contributed by atoms with Crippen molar-refractivity contribution in [3.63, 3.8) is 0 Å². The topological polar surface area (TPSA) is 30.8 Å². The summed E-state index contributed by atoms with van der Waals surface area (Å²) in [6, 6.07) is 15.8. The van der Waals surface area contributed by atoms with Crippen molar-refractivity contribution in [1.29, 1.82) is 0 Å². The minimum absolute atomic E-state index is 0.663. The highest BCUT2D eigenvalue weighted by molar-refractivity contribution is 5.83. The van der Waals surface area contributed by atoms with Crippen LogP contribution in [0.2, 0.25) is 0 Å². The number of hydrogen-bond acceptors (Lipinski definition) is 3. The Morgan fingerprint density at radius 1 is 1.00 bits per heavy atom. The average Bonchev–Trinajstić information content (AvgIpc) is 2.48. The lowest BCUT2D eigenvalue weighted by Gasteiger charge is -2.06. The molecule has 0 aliphatic carbocycles. The predicted octanol–water partition coefficient (Wildman–Crippen LogP) is 3.32. The molecule has 0 heterocycles. The maximum atomic E-state index is 5.32. The molecule has 3 heteroatoms. The van der Waals surface area contributed by atoms with Crippen LogP contribution in [-0.2, 0) is 6.54 Å². The number of aliphatic imine (C=N–C) groups is 1. The van der Waals surface area contributed by atoms with Gasteiger partial charge in [0.25, 0.3) is 0 Å². The molecule has 0 bridgehead atoms. The first-order valence-corrected chi connectivity index (χ1v) is 6.09. The van der Waals surface area contributed by atoms with Gasteiger partial charge in [-0.25, -0.2) is 0 Å². The van der Waals surface area contributed by atoms with Gasteiger partial charge in [0, 0.05) is 17.8 Å². The van der Waals surface area contributed by atoms with Gasteiger partial charge < -0.3 is 9.47 Å². The average molecular weight is 255 g/mol. The minimum Gasteiger partial charge on any atom is -0.497 e. The van der Waals surface area contributed by atoms with Crippen LogP contribution >= 0.6 is 0 Å². The number of rotatable bonds is 5. The summed E-state index contributed by atoms with van der Waals surface area (Å²) in [4.78, 5) is 4.43. The maximum absolute atomic E-state index is 5.32. The minimum atomic E-state index is 0.663. The molecule has 0 fully saturated rings. The quantitative estimate of drug-likeness (QED) is 0.767. The van der Waals surface area contributed by atoms with Crippen molar-refractivity contribution < 1.29 is 9.47 Å². The Labute approximate surface area is 113 Å². The van der Waals surface area contributed by atoms with E-state index in [1.54, 1.807) is 14.2 Å². The third-order valence-corrected chi connectivity index (χ3v) is 2.79. The second kappa shape index (κ2) is 6.59. The van der Waals surface area contributed by atoms with Gasteiger partial charge in [-0.15, -0.1) is 0 Å². The summed E-state index contributed by atoms with van der Waals surface area (Å²) in [5.74, 6) is 1.54. The highest BCUT2D eigenvalue weighted by Gasteiger charge is 2.02. The highest BCUT2D eigenvalue weighted by Crippen LogP contribution is 2.23. The third kappa shape index (κ3) is 3.58. The fourth-order valence-electron chi connectivity index (χ4n) is 1.76. The first-order valence-electron chi connectivity index (χ1n) is 6.09. The van der Waals surface area contributed by atoms with Crippen molar-refractivity contribution in [3.8, 4) is 11.5 Å². The van der Waals surface area contributed by atoms with Crippen molar-refractivity contribution >= 4 is 6.21 Å². The summed E-state index contributed by atoms with van der Waals surface area (Å²) in [6.07, 6.45) is 1.82. The lowest BCUT2D eigenvalue weighted by molar-refractivity contribution is 0.394. The standard InChI is InChI=1S/C16H17NO2/c1-18-15-9-8-14(16(10-15)19-2)12-17-11-13-6-4-3-5-7-13/h3-10,12H,11H2,1-2H3. The van der Waals surface area contributed by atoms with Crippen molar-refractivity contribution in [1.82, 2.24) is 0 Å². The molecular formula is C16H17NO2. The fourth-order valence-corrected chi connectivity index (χ4v) is 1.76. The summed E-state index contributed by atoms with van der Waals surface area (Å²) in [5, 5.41) is 0. The van der Waals surface area contributed by atoms with Crippen LogP contribution in [0.5, 0.6) is 11.5 Å². The SMILES string of the molecule is COc1ccc(C=NCc2ccccc2)c(OC)c1. The summed E-state index contributed by atoms with van der Waals surface area (Å²) in [6.45, 7) is 0.663. The van der Waals surface area contributed by atoms with E-state index in [4.69, 9.17) is 9.47 Å². The molecule has 98 valence electrons. The molecule has 0 atom stereocenters. The number of ether oxygens (including phenoxy) is 2.